The molecule has 0 aliphatic carbocycles. The molecule has 0 saturated heterocycles. The molecule has 4 aromatic rings. The third-order valence-corrected chi connectivity index (χ3v) is 4.87. The number of phenols is 1. The number of nitrogens with one attached hydrogen (secondary N) is 1. The number of benzene rings is 4. The van der Waals surface area contributed by atoms with Crippen LogP contribution in [0.15, 0.2) is 78.9 Å². The van der Waals surface area contributed by atoms with Crippen LogP contribution in [-0.2, 0) is 0 Å². The molecule has 0 aromatic heterocycles. The van der Waals surface area contributed by atoms with E-state index >= 15 is 0 Å². The van der Waals surface area contributed by atoms with E-state index in [2.05, 4.69) is 5.32 Å². The Morgan fingerprint density at radius 2 is 1.57 bits per heavy atom. The van der Waals surface area contributed by atoms with Crippen LogP contribution in [0.4, 0.5) is 11.4 Å². The summed E-state index contributed by atoms with van der Waals surface area (Å²) in [6, 6.07) is 22.6. The first-order valence-electron chi connectivity index (χ1n) is 9.26. The van der Waals surface area contributed by atoms with Gasteiger partial charge in [-0.1, -0.05) is 36.4 Å². The third-order valence-electron chi connectivity index (χ3n) is 4.87. The third kappa shape index (κ3) is 3.54. The van der Waals surface area contributed by atoms with Gasteiger partial charge in [-0.15, -0.1) is 0 Å². The van der Waals surface area contributed by atoms with Crippen molar-refractivity contribution in [2.75, 3.05) is 11.1 Å². The van der Waals surface area contributed by atoms with Gasteiger partial charge in [0.2, 0.25) is 0 Å². The second kappa shape index (κ2) is 7.60. The van der Waals surface area contributed by atoms with Crippen LogP contribution in [0.3, 0.4) is 0 Å². The first kappa shape index (κ1) is 19.0. The summed E-state index contributed by atoms with van der Waals surface area (Å²) in [6.07, 6.45) is 0. The maximum absolute atomic E-state index is 12.7. The number of aromatic hydroxyl groups is 1. The van der Waals surface area contributed by atoms with Gasteiger partial charge in [-0.25, -0.2) is 0 Å². The summed E-state index contributed by atoms with van der Waals surface area (Å²) in [5.74, 6) is -1.23. The van der Waals surface area contributed by atoms with Gasteiger partial charge in [-0.2, -0.15) is 0 Å². The highest BCUT2D eigenvalue weighted by molar-refractivity contribution is 6.13. The number of nitrogen functional groups attached to an aromatic ring is 1. The molecule has 0 heterocycles. The van der Waals surface area contributed by atoms with Gasteiger partial charge >= 0.3 is 0 Å². The first-order valence-corrected chi connectivity index (χ1v) is 9.26. The van der Waals surface area contributed by atoms with Crippen LogP contribution in [0.25, 0.3) is 21.9 Å². The molecule has 0 radical (unpaired) electrons. The van der Waals surface area contributed by atoms with Crippen molar-refractivity contribution in [1.82, 2.24) is 0 Å². The Morgan fingerprint density at radius 3 is 2.23 bits per heavy atom. The average molecular weight is 397 g/mol. The first-order chi connectivity index (χ1) is 14.4. The molecule has 6 N–H and O–H groups in total. The normalized spacial score (nSPS) is 10.7. The molecule has 30 heavy (non-hydrogen) atoms. The van der Waals surface area contributed by atoms with Crippen LogP contribution in [0.5, 0.6) is 5.75 Å². The number of carbonyl (C=O) groups excluding carboxylic acids is 2. The number of fused-ring (bicyclic) bond motifs is 1. The van der Waals surface area contributed by atoms with Crippen molar-refractivity contribution >= 4 is 34.0 Å². The summed E-state index contributed by atoms with van der Waals surface area (Å²) < 4.78 is 0. The molecule has 148 valence electrons. The summed E-state index contributed by atoms with van der Waals surface area (Å²) >= 11 is 0. The van der Waals surface area contributed by atoms with Crippen molar-refractivity contribution in [2.45, 2.75) is 0 Å². The van der Waals surface area contributed by atoms with Crippen LogP contribution in [-0.4, -0.2) is 16.9 Å². The summed E-state index contributed by atoms with van der Waals surface area (Å²) in [7, 11) is 0. The number of primary amides is 1. The van der Waals surface area contributed by atoms with Gasteiger partial charge < -0.3 is 21.9 Å². The van der Waals surface area contributed by atoms with Gasteiger partial charge in [0.15, 0.2) is 0 Å². The van der Waals surface area contributed by atoms with Gasteiger partial charge in [-0.3, -0.25) is 9.59 Å². The lowest BCUT2D eigenvalue weighted by Gasteiger charge is -2.13. The number of nitrogens with two attached hydrogens (primary N) is 2. The number of carbonyl (C=O) groups is 2. The molecule has 4 rings (SSSR count). The molecule has 0 fully saturated rings. The van der Waals surface area contributed by atoms with E-state index in [4.69, 9.17) is 11.5 Å². The maximum atomic E-state index is 12.7. The van der Waals surface area contributed by atoms with E-state index in [-0.39, 0.29) is 17.2 Å². The molecule has 6 heteroatoms. The molecular weight excluding hydrogens is 378 g/mol. The highest BCUT2D eigenvalue weighted by atomic mass is 16.3. The maximum Gasteiger partial charge on any atom is 0.255 e. The molecule has 0 bridgehead atoms. The van der Waals surface area contributed by atoms with Gasteiger partial charge in [-0.05, 0) is 58.8 Å². The Bertz CT molecular complexity index is 1270. The fourth-order valence-corrected chi connectivity index (χ4v) is 3.39. The Kier molecular flexibility index (Phi) is 4.82. The van der Waals surface area contributed by atoms with Crippen molar-refractivity contribution in [1.29, 1.82) is 0 Å². The van der Waals surface area contributed by atoms with Crippen LogP contribution in [0.2, 0.25) is 0 Å². The molecule has 0 aliphatic rings. The Balaban J connectivity index is 1.81. The minimum absolute atomic E-state index is 0.0249. The molecule has 0 atom stereocenters. The SMILES string of the molecule is NC(=O)c1c(O)c(-c2ccccc2)cc2cc(C(=O)Nc3ccc(N)cc3)ccc12. The van der Waals surface area contributed by atoms with Crippen molar-refractivity contribution in [3.63, 3.8) is 0 Å². The van der Waals surface area contributed by atoms with E-state index < -0.39 is 5.91 Å². The van der Waals surface area contributed by atoms with E-state index in [0.717, 1.165) is 5.56 Å². The number of anilines is 2. The van der Waals surface area contributed by atoms with Crippen LogP contribution in [0.1, 0.15) is 20.7 Å². The molecule has 2 amide bonds. The molecule has 6 nitrogen and oxygen atoms in total. The van der Waals surface area contributed by atoms with Gasteiger partial charge in [0.1, 0.15) is 5.75 Å². The summed E-state index contributed by atoms with van der Waals surface area (Å²) in [5.41, 5.74) is 14.1. The minimum atomic E-state index is -0.741. The highest BCUT2D eigenvalue weighted by Gasteiger charge is 2.19. The molecule has 0 unspecified atom stereocenters. The molecule has 0 saturated carbocycles. The predicted molar refractivity (Wildman–Crippen MR) is 118 cm³/mol. The van der Waals surface area contributed by atoms with Gasteiger partial charge in [0.25, 0.3) is 11.8 Å². The van der Waals surface area contributed by atoms with Gasteiger partial charge in [0.05, 0.1) is 5.56 Å². The zero-order valence-electron chi connectivity index (χ0n) is 15.9. The smallest absolute Gasteiger partial charge is 0.255 e. The monoisotopic (exact) mass is 397 g/mol. The van der Waals surface area contributed by atoms with Crippen molar-refractivity contribution < 1.29 is 14.7 Å². The fourth-order valence-electron chi connectivity index (χ4n) is 3.39. The number of rotatable bonds is 4. The summed E-state index contributed by atoms with van der Waals surface area (Å²) in [4.78, 5) is 24.8. The van der Waals surface area contributed by atoms with E-state index in [0.29, 0.717) is 33.3 Å². The standard InChI is InChI=1S/C24H19N3O3/c25-17-7-9-18(10-8-17)27-24(30)15-6-11-19-16(12-15)13-20(14-4-2-1-3-5-14)22(28)21(19)23(26)29/h1-13,28H,25H2,(H2,26,29)(H,27,30). The number of hydrogen-bond acceptors (Lipinski definition) is 4. The Hall–Kier alpha value is -4.32. The molecule has 4 aromatic carbocycles. The Morgan fingerprint density at radius 1 is 0.867 bits per heavy atom. The van der Waals surface area contributed by atoms with Gasteiger partial charge in [0, 0.05) is 22.5 Å². The lowest BCUT2D eigenvalue weighted by Crippen LogP contribution is -2.14. The number of amides is 2. The van der Waals surface area contributed by atoms with Crippen LogP contribution >= 0.6 is 0 Å². The lowest BCUT2D eigenvalue weighted by molar-refractivity contribution is 0.0997. The zero-order valence-corrected chi connectivity index (χ0v) is 15.9. The van der Waals surface area contributed by atoms with E-state index in [1.165, 1.54) is 0 Å². The lowest BCUT2D eigenvalue weighted by atomic mass is 9.94. The zero-order chi connectivity index (χ0) is 21.3. The number of hydrogen-bond donors (Lipinski definition) is 4. The molecular formula is C24H19N3O3. The second-order valence-electron chi connectivity index (χ2n) is 6.89. The minimum Gasteiger partial charge on any atom is -0.506 e. The van der Waals surface area contributed by atoms with Crippen molar-refractivity contribution in [3.05, 3.63) is 90.0 Å². The summed E-state index contributed by atoms with van der Waals surface area (Å²) in [5, 5.41) is 14.6. The summed E-state index contributed by atoms with van der Waals surface area (Å²) in [6.45, 7) is 0. The topological polar surface area (TPSA) is 118 Å². The average Bonchev–Trinajstić information content (AvgIpc) is 2.75. The quantitative estimate of drug-likeness (QED) is 0.387. The van der Waals surface area contributed by atoms with Crippen molar-refractivity contribution in [3.8, 4) is 16.9 Å². The fraction of sp³-hybridized carbons (Fsp3) is 0. The largest absolute Gasteiger partial charge is 0.506 e. The molecule has 0 aliphatic heterocycles. The van der Waals surface area contributed by atoms with Crippen LogP contribution < -0.4 is 16.8 Å². The Labute approximate surface area is 172 Å². The van der Waals surface area contributed by atoms with E-state index in [9.17, 15) is 14.7 Å². The predicted octanol–water partition coefficient (Wildman–Crippen LogP) is 4.15. The van der Waals surface area contributed by atoms with Crippen LogP contribution in [0, 0.1) is 0 Å². The van der Waals surface area contributed by atoms with E-state index in [1.54, 1.807) is 48.5 Å². The van der Waals surface area contributed by atoms with Crippen molar-refractivity contribution in [2.24, 2.45) is 5.73 Å². The van der Waals surface area contributed by atoms with E-state index in [1.807, 2.05) is 30.3 Å². The highest BCUT2D eigenvalue weighted by Crippen LogP contribution is 2.38. The second-order valence-corrected chi connectivity index (χ2v) is 6.89. The molecule has 0 spiro atoms.